The maximum Gasteiger partial charge on any atom is 0.258 e. The molecule has 1 heterocycles. The van der Waals surface area contributed by atoms with Crippen LogP contribution in [0.15, 0.2) is 34.9 Å². The first kappa shape index (κ1) is 20.0. The Hall–Kier alpha value is -2.03. The van der Waals surface area contributed by atoms with Crippen molar-refractivity contribution in [2.75, 3.05) is 15.8 Å². The first-order valence-electron chi connectivity index (χ1n) is 7.04. The molecule has 0 aliphatic carbocycles. The van der Waals surface area contributed by atoms with E-state index in [-0.39, 0.29) is 30.6 Å². The second-order valence-corrected chi connectivity index (χ2v) is 7.01. The van der Waals surface area contributed by atoms with Gasteiger partial charge in [0.1, 0.15) is 12.0 Å². The van der Waals surface area contributed by atoms with Gasteiger partial charge in [0.2, 0.25) is 10.0 Å². The molecule has 4 N–H and O–H groups in total. The molecule has 1 aromatic carbocycles. The first-order chi connectivity index (χ1) is 10.8. The van der Waals surface area contributed by atoms with Gasteiger partial charge in [-0.2, -0.15) is 0 Å². The highest BCUT2D eigenvalue weighted by atomic mass is 35.5. The number of hydrogen-bond acceptors (Lipinski definition) is 5. The number of benzene rings is 1. The molecule has 24 heavy (non-hydrogen) atoms. The Labute approximate surface area is 147 Å². The summed E-state index contributed by atoms with van der Waals surface area (Å²) in [5, 5.41) is 2.72. The zero-order chi connectivity index (χ0) is 17.0. The Morgan fingerprint density at radius 2 is 2.00 bits per heavy atom. The Kier molecular flexibility index (Phi) is 6.82. The predicted octanol–water partition coefficient (Wildman–Crippen LogP) is 2.48. The molecule has 7 nitrogen and oxygen atoms in total. The highest BCUT2D eigenvalue weighted by Crippen LogP contribution is 2.21. The Morgan fingerprint density at radius 3 is 2.54 bits per heavy atom. The number of aryl methyl sites for hydroxylation is 1. The van der Waals surface area contributed by atoms with Gasteiger partial charge in [-0.15, -0.1) is 12.4 Å². The van der Waals surface area contributed by atoms with Crippen LogP contribution < -0.4 is 15.8 Å². The predicted molar refractivity (Wildman–Crippen MR) is 96.1 cm³/mol. The number of halogens is 1. The first-order valence-corrected chi connectivity index (χ1v) is 8.70. The molecule has 0 radical (unpaired) electrons. The van der Waals surface area contributed by atoms with E-state index in [0.29, 0.717) is 28.3 Å². The lowest BCUT2D eigenvalue weighted by Crippen LogP contribution is -2.16. The summed E-state index contributed by atoms with van der Waals surface area (Å²) in [4.78, 5) is 12.1. The lowest BCUT2D eigenvalue weighted by atomic mass is 10.2. The summed E-state index contributed by atoms with van der Waals surface area (Å²) in [6.07, 6.45) is 1.34. The Balaban J connectivity index is 0.00000288. The van der Waals surface area contributed by atoms with Crippen LogP contribution >= 0.6 is 12.4 Å². The summed E-state index contributed by atoms with van der Waals surface area (Å²) in [7, 11) is -3.34. The summed E-state index contributed by atoms with van der Waals surface area (Å²) >= 11 is 0. The standard InChI is InChI=1S/C15H19N3O4S.ClH/c1-3-23(20,21)18-14-5-4-12(6-10(14)2)17-15(19)11-7-13(8-16)22-9-11;/h4-7,9,18H,3,8,16H2,1-2H3,(H,17,19);1H. The number of furan rings is 1. The quantitative estimate of drug-likeness (QED) is 0.719. The minimum Gasteiger partial charge on any atom is -0.467 e. The van der Waals surface area contributed by atoms with Crippen LogP contribution in [-0.2, 0) is 16.6 Å². The lowest BCUT2D eigenvalue weighted by Gasteiger charge is -2.11. The van der Waals surface area contributed by atoms with Gasteiger partial charge in [0.25, 0.3) is 5.91 Å². The number of sulfonamides is 1. The topological polar surface area (TPSA) is 114 Å². The van der Waals surface area contributed by atoms with Gasteiger partial charge >= 0.3 is 0 Å². The molecule has 1 aromatic heterocycles. The Bertz CT molecular complexity index is 818. The van der Waals surface area contributed by atoms with Crippen LogP contribution in [0.3, 0.4) is 0 Å². The van der Waals surface area contributed by atoms with E-state index in [0.717, 1.165) is 0 Å². The van der Waals surface area contributed by atoms with E-state index >= 15 is 0 Å². The third-order valence-corrected chi connectivity index (χ3v) is 4.54. The van der Waals surface area contributed by atoms with Gasteiger partial charge in [-0.05, 0) is 43.7 Å². The largest absolute Gasteiger partial charge is 0.467 e. The molecule has 1 amide bonds. The molecule has 0 atom stereocenters. The van der Waals surface area contributed by atoms with Crippen molar-refractivity contribution in [1.82, 2.24) is 0 Å². The van der Waals surface area contributed by atoms with Crippen LogP contribution in [-0.4, -0.2) is 20.1 Å². The summed E-state index contributed by atoms with van der Waals surface area (Å²) in [6, 6.07) is 6.50. The second-order valence-electron chi connectivity index (χ2n) is 5.00. The van der Waals surface area contributed by atoms with E-state index in [1.807, 2.05) is 0 Å². The number of anilines is 2. The number of nitrogens with two attached hydrogens (primary N) is 1. The van der Waals surface area contributed by atoms with Gasteiger partial charge in [0.15, 0.2) is 0 Å². The molecule has 0 spiro atoms. The fraction of sp³-hybridized carbons (Fsp3) is 0.267. The lowest BCUT2D eigenvalue weighted by molar-refractivity contribution is 0.102. The number of carbonyl (C=O) groups excluding carboxylic acids is 1. The van der Waals surface area contributed by atoms with Crippen molar-refractivity contribution in [3.8, 4) is 0 Å². The monoisotopic (exact) mass is 373 g/mol. The van der Waals surface area contributed by atoms with Crippen molar-refractivity contribution in [2.24, 2.45) is 5.73 Å². The molecular weight excluding hydrogens is 354 g/mol. The molecule has 0 bridgehead atoms. The smallest absolute Gasteiger partial charge is 0.258 e. The van der Waals surface area contributed by atoms with Gasteiger partial charge in [0, 0.05) is 5.69 Å². The Morgan fingerprint density at radius 1 is 1.29 bits per heavy atom. The average Bonchev–Trinajstić information content (AvgIpc) is 2.99. The maximum absolute atomic E-state index is 12.1. The highest BCUT2D eigenvalue weighted by molar-refractivity contribution is 7.92. The molecule has 0 saturated carbocycles. The van der Waals surface area contributed by atoms with Crippen LogP contribution in [0.2, 0.25) is 0 Å². The number of nitrogens with one attached hydrogen (secondary N) is 2. The molecular formula is C15H20ClN3O4S. The van der Waals surface area contributed by atoms with Crippen molar-refractivity contribution < 1.29 is 17.6 Å². The van der Waals surface area contributed by atoms with Crippen molar-refractivity contribution in [3.63, 3.8) is 0 Å². The van der Waals surface area contributed by atoms with Gasteiger partial charge in [-0.25, -0.2) is 8.42 Å². The van der Waals surface area contributed by atoms with E-state index < -0.39 is 10.0 Å². The summed E-state index contributed by atoms with van der Waals surface area (Å²) in [6.45, 7) is 3.54. The maximum atomic E-state index is 12.1. The second kappa shape index (κ2) is 8.18. The number of carbonyl (C=O) groups is 1. The molecule has 0 fully saturated rings. The normalized spacial score (nSPS) is 10.8. The fourth-order valence-corrected chi connectivity index (χ4v) is 2.61. The van der Waals surface area contributed by atoms with Crippen LogP contribution in [0.1, 0.15) is 28.6 Å². The van der Waals surface area contributed by atoms with Gasteiger partial charge in [0.05, 0.1) is 23.5 Å². The van der Waals surface area contributed by atoms with Crippen LogP contribution in [0.4, 0.5) is 11.4 Å². The number of rotatable bonds is 6. The van der Waals surface area contributed by atoms with E-state index in [9.17, 15) is 13.2 Å². The highest BCUT2D eigenvalue weighted by Gasteiger charge is 2.12. The SMILES string of the molecule is CCS(=O)(=O)Nc1ccc(NC(=O)c2coc(CN)c2)cc1C.Cl. The molecule has 2 aromatic rings. The molecule has 132 valence electrons. The van der Waals surface area contributed by atoms with Gasteiger partial charge < -0.3 is 15.5 Å². The van der Waals surface area contributed by atoms with E-state index in [4.69, 9.17) is 10.2 Å². The van der Waals surface area contributed by atoms with Crippen molar-refractivity contribution in [3.05, 3.63) is 47.4 Å². The zero-order valence-corrected chi connectivity index (χ0v) is 15.0. The number of amides is 1. The van der Waals surface area contributed by atoms with Crippen LogP contribution in [0.25, 0.3) is 0 Å². The fourth-order valence-electron chi connectivity index (χ4n) is 1.91. The van der Waals surface area contributed by atoms with Gasteiger partial charge in [-0.1, -0.05) is 0 Å². The van der Waals surface area contributed by atoms with Crippen molar-refractivity contribution in [1.29, 1.82) is 0 Å². The summed E-state index contributed by atoms with van der Waals surface area (Å²) in [5.41, 5.74) is 7.55. The third-order valence-electron chi connectivity index (χ3n) is 3.25. The minimum atomic E-state index is -3.34. The van der Waals surface area contributed by atoms with Crippen molar-refractivity contribution in [2.45, 2.75) is 20.4 Å². The van der Waals surface area contributed by atoms with E-state index in [1.54, 1.807) is 38.1 Å². The third kappa shape index (κ3) is 4.98. The van der Waals surface area contributed by atoms with Crippen LogP contribution in [0.5, 0.6) is 0 Å². The molecule has 2 rings (SSSR count). The molecule has 0 saturated heterocycles. The van der Waals surface area contributed by atoms with Gasteiger partial charge in [-0.3, -0.25) is 9.52 Å². The summed E-state index contributed by atoms with van der Waals surface area (Å²) < 4.78 is 30.8. The van der Waals surface area contributed by atoms with E-state index in [1.165, 1.54) is 6.26 Å². The minimum absolute atomic E-state index is 0. The molecule has 0 aliphatic rings. The van der Waals surface area contributed by atoms with Crippen molar-refractivity contribution >= 4 is 39.7 Å². The molecule has 0 aliphatic heterocycles. The zero-order valence-electron chi connectivity index (χ0n) is 13.3. The van der Waals surface area contributed by atoms with E-state index in [2.05, 4.69) is 10.0 Å². The summed E-state index contributed by atoms with van der Waals surface area (Å²) in [5.74, 6) is 0.194. The van der Waals surface area contributed by atoms with Crippen LogP contribution in [0, 0.1) is 6.92 Å². The molecule has 0 unspecified atom stereocenters. The average molecular weight is 374 g/mol. The molecule has 9 heteroatoms. The number of hydrogen-bond donors (Lipinski definition) is 3.